The van der Waals surface area contributed by atoms with Gasteiger partial charge in [0.25, 0.3) is 0 Å². The van der Waals surface area contributed by atoms with Crippen molar-refractivity contribution in [3.05, 3.63) is 41.8 Å². The number of nitrogens with zero attached hydrogens (tertiary/aromatic N) is 1. The Morgan fingerprint density at radius 1 is 1.18 bits per heavy atom. The van der Waals surface area contributed by atoms with Crippen LogP contribution in [0.5, 0.6) is 11.8 Å². The molecular weight excluding hydrogens is 235 g/mol. The summed E-state index contributed by atoms with van der Waals surface area (Å²) < 4.78 is 47.0. The van der Waals surface area contributed by atoms with Gasteiger partial charge in [0.05, 0.1) is 11.8 Å². The molecular formula is C11H8F3NO2. The van der Waals surface area contributed by atoms with Gasteiger partial charge in [0.1, 0.15) is 11.5 Å². The normalized spacial score (nSPS) is 11.5. The molecule has 0 unspecified atom stereocenters. The molecule has 0 radical (unpaired) electrons. The third-order valence-electron chi connectivity index (χ3n) is 1.99. The highest BCUT2D eigenvalue weighted by atomic mass is 19.4. The van der Waals surface area contributed by atoms with Gasteiger partial charge >= 0.3 is 12.3 Å². The van der Waals surface area contributed by atoms with Crippen LogP contribution in [-0.2, 0) is 6.18 Å². The molecule has 0 aliphatic heterocycles. The van der Waals surface area contributed by atoms with Gasteiger partial charge in [0.15, 0.2) is 0 Å². The number of hydrogen-bond donors (Lipinski definition) is 0. The average molecular weight is 243 g/mol. The zero-order chi connectivity index (χ0) is 12.5. The Bertz CT molecular complexity index is 502. The van der Waals surface area contributed by atoms with E-state index in [0.29, 0.717) is 5.76 Å². The maximum absolute atomic E-state index is 12.3. The minimum absolute atomic E-state index is 0.00209. The fourth-order valence-corrected chi connectivity index (χ4v) is 1.19. The lowest BCUT2D eigenvalue weighted by Gasteiger charge is -2.06. The Kier molecular flexibility index (Phi) is 2.79. The van der Waals surface area contributed by atoms with Crippen LogP contribution in [-0.4, -0.2) is 4.98 Å². The van der Waals surface area contributed by atoms with Crippen LogP contribution in [0.25, 0.3) is 0 Å². The molecule has 6 heteroatoms. The molecule has 2 rings (SSSR count). The molecule has 1 aromatic heterocycles. The SMILES string of the molecule is Cc1cnc(Oc2ccc(C(F)(F)F)cc2)o1. The lowest BCUT2D eigenvalue weighted by atomic mass is 10.2. The van der Waals surface area contributed by atoms with Crippen molar-refractivity contribution in [3.8, 4) is 11.8 Å². The van der Waals surface area contributed by atoms with Gasteiger partial charge in [-0.25, -0.2) is 0 Å². The van der Waals surface area contributed by atoms with Crippen molar-refractivity contribution in [1.29, 1.82) is 0 Å². The summed E-state index contributed by atoms with van der Waals surface area (Å²) in [5.41, 5.74) is -0.728. The smallest absolute Gasteiger partial charge is 0.414 e. The van der Waals surface area contributed by atoms with Gasteiger partial charge in [-0.15, -0.1) is 0 Å². The summed E-state index contributed by atoms with van der Waals surface area (Å²) >= 11 is 0. The Morgan fingerprint density at radius 2 is 1.82 bits per heavy atom. The topological polar surface area (TPSA) is 35.3 Å². The number of halogens is 3. The maximum atomic E-state index is 12.3. The van der Waals surface area contributed by atoms with Gasteiger partial charge in [-0.1, -0.05) is 0 Å². The van der Waals surface area contributed by atoms with E-state index in [0.717, 1.165) is 12.1 Å². The highest BCUT2D eigenvalue weighted by molar-refractivity contribution is 5.30. The number of aromatic nitrogens is 1. The summed E-state index contributed by atoms with van der Waals surface area (Å²) in [5, 5.41) is 0. The molecule has 0 saturated carbocycles. The van der Waals surface area contributed by atoms with Crippen molar-refractivity contribution in [2.75, 3.05) is 0 Å². The van der Waals surface area contributed by atoms with Crippen LogP contribution in [0.3, 0.4) is 0 Å². The predicted octanol–water partition coefficient (Wildman–Crippen LogP) is 3.79. The second-order valence-corrected chi connectivity index (χ2v) is 3.36. The number of oxazole rings is 1. The first-order valence-electron chi connectivity index (χ1n) is 4.73. The van der Waals surface area contributed by atoms with Crippen molar-refractivity contribution in [2.24, 2.45) is 0 Å². The lowest BCUT2D eigenvalue weighted by molar-refractivity contribution is -0.137. The van der Waals surface area contributed by atoms with Gasteiger partial charge in [0.2, 0.25) is 0 Å². The highest BCUT2D eigenvalue weighted by Gasteiger charge is 2.30. The molecule has 90 valence electrons. The van der Waals surface area contributed by atoms with Crippen LogP contribution in [0.15, 0.2) is 34.9 Å². The molecule has 0 fully saturated rings. The third-order valence-corrected chi connectivity index (χ3v) is 1.99. The van der Waals surface area contributed by atoms with E-state index in [9.17, 15) is 13.2 Å². The van der Waals surface area contributed by atoms with Crippen LogP contribution in [0.2, 0.25) is 0 Å². The van der Waals surface area contributed by atoms with E-state index in [1.807, 2.05) is 0 Å². The van der Waals surface area contributed by atoms with E-state index in [1.165, 1.54) is 18.3 Å². The average Bonchev–Trinajstić information content (AvgIpc) is 2.63. The quantitative estimate of drug-likeness (QED) is 0.804. The van der Waals surface area contributed by atoms with Gasteiger partial charge in [-0.3, -0.25) is 0 Å². The number of hydrogen-bond acceptors (Lipinski definition) is 3. The summed E-state index contributed by atoms with van der Waals surface area (Å²) in [4.78, 5) is 3.77. The zero-order valence-corrected chi connectivity index (χ0v) is 8.78. The Morgan fingerprint density at radius 3 is 2.29 bits per heavy atom. The van der Waals surface area contributed by atoms with Crippen LogP contribution >= 0.6 is 0 Å². The zero-order valence-electron chi connectivity index (χ0n) is 8.78. The molecule has 0 amide bonds. The first-order valence-corrected chi connectivity index (χ1v) is 4.73. The molecule has 0 spiro atoms. The minimum Gasteiger partial charge on any atom is -0.414 e. The summed E-state index contributed by atoms with van der Waals surface area (Å²) in [7, 11) is 0. The molecule has 1 aromatic carbocycles. The molecule has 17 heavy (non-hydrogen) atoms. The van der Waals surface area contributed by atoms with Gasteiger partial charge in [0, 0.05) is 0 Å². The maximum Gasteiger partial charge on any atom is 0.416 e. The van der Waals surface area contributed by atoms with Crippen LogP contribution in [0.1, 0.15) is 11.3 Å². The Balaban J connectivity index is 2.13. The fourth-order valence-electron chi connectivity index (χ4n) is 1.19. The first-order chi connectivity index (χ1) is 7.95. The van der Waals surface area contributed by atoms with E-state index in [-0.39, 0.29) is 11.8 Å². The van der Waals surface area contributed by atoms with E-state index < -0.39 is 11.7 Å². The van der Waals surface area contributed by atoms with E-state index in [2.05, 4.69) is 4.98 Å². The van der Waals surface area contributed by atoms with Crippen LogP contribution in [0, 0.1) is 6.92 Å². The molecule has 0 N–H and O–H groups in total. The first kappa shape index (κ1) is 11.5. The molecule has 0 aliphatic rings. The number of aryl methyl sites for hydroxylation is 1. The minimum atomic E-state index is -4.35. The van der Waals surface area contributed by atoms with E-state index in [4.69, 9.17) is 9.15 Å². The monoisotopic (exact) mass is 243 g/mol. The van der Waals surface area contributed by atoms with Gasteiger partial charge in [-0.2, -0.15) is 18.2 Å². The molecule has 2 aromatic rings. The predicted molar refractivity (Wildman–Crippen MR) is 52.8 cm³/mol. The van der Waals surface area contributed by atoms with Gasteiger partial charge < -0.3 is 9.15 Å². The number of alkyl halides is 3. The molecule has 1 heterocycles. The standard InChI is InChI=1S/C11H8F3NO2/c1-7-6-15-10(16-7)17-9-4-2-8(3-5-9)11(12,13)14/h2-6H,1H3. The van der Waals surface area contributed by atoms with Crippen molar-refractivity contribution in [3.63, 3.8) is 0 Å². The number of benzene rings is 1. The van der Waals surface area contributed by atoms with Crippen molar-refractivity contribution in [2.45, 2.75) is 13.1 Å². The van der Waals surface area contributed by atoms with Crippen LogP contribution in [0.4, 0.5) is 13.2 Å². The second-order valence-electron chi connectivity index (χ2n) is 3.36. The largest absolute Gasteiger partial charge is 0.416 e. The molecule has 0 bridgehead atoms. The summed E-state index contributed by atoms with van der Waals surface area (Å²) in [6, 6.07) is 4.29. The molecule has 0 aliphatic carbocycles. The number of ether oxygens (including phenoxy) is 1. The molecule has 0 saturated heterocycles. The van der Waals surface area contributed by atoms with Crippen LogP contribution < -0.4 is 4.74 Å². The summed E-state index contributed by atoms with van der Waals surface area (Å²) in [6.45, 7) is 1.69. The second kappa shape index (κ2) is 4.12. The van der Waals surface area contributed by atoms with Crippen molar-refractivity contribution < 1.29 is 22.3 Å². The summed E-state index contributed by atoms with van der Waals surface area (Å²) in [6.07, 6.45) is -2.89. The van der Waals surface area contributed by atoms with Crippen molar-refractivity contribution in [1.82, 2.24) is 4.98 Å². The van der Waals surface area contributed by atoms with E-state index in [1.54, 1.807) is 6.92 Å². The Labute approximate surface area is 94.8 Å². The summed E-state index contributed by atoms with van der Waals surface area (Å²) in [5.74, 6) is 0.798. The highest BCUT2D eigenvalue weighted by Crippen LogP contribution is 2.31. The van der Waals surface area contributed by atoms with Gasteiger partial charge in [-0.05, 0) is 31.2 Å². The number of rotatable bonds is 2. The molecule has 0 atom stereocenters. The fraction of sp³-hybridized carbons (Fsp3) is 0.182. The molecule has 3 nitrogen and oxygen atoms in total. The van der Waals surface area contributed by atoms with Crippen molar-refractivity contribution >= 4 is 0 Å². The lowest BCUT2D eigenvalue weighted by Crippen LogP contribution is -2.03. The van der Waals surface area contributed by atoms with E-state index >= 15 is 0 Å². The Hall–Kier alpha value is -1.98. The third kappa shape index (κ3) is 2.77.